The minimum absolute atomic E-state index is 0.632. The van der Waals surface area contributed by atoms with Crippen LogP contribution in [-0.4, -0.2) is 34.2 Å². The molecule has 3 aromatic rings. The number of thioether (sulfide) groups is 1. The molecule has 0 saturated heterocycles. The van der Waals surface area contributed by atoms with Gasteiger partial charge in [-0.05, 0) is 43.7 Å². The molecule has 0 fully saturated rings. The summed E-state index contributed by atoms with van der Waals surface area (Å²) in [5.74, 6) is 3.31. The number of nitrogens with zero attached hydrogens (tertiary/aromatic N) is 3. The van der Waals surface area contributed by atoms with Crippen molar-refractivity contribution in [1.82, 2.24) is 14.8 Å². The number of hydrogen-bond donors (Lipinski definition) is 0. The molecule has 0 unspecified atom stereocenters. The largest absolute Gasteiger partial charge is 0.496 e. The third-order valence-electron chi connectivity index (χ3n) is 3.97. The minimum Gasteiger partial charge on any atom is -0.496 e. The van der Waals surface area contributed by atoms with Gasteiger partial charge >= 0.3 is 0 Å². The smallest absolute Gasteiger partial charge is 0.191 e. The SMILES string of the molecule is CCn1c(SCCCOc2cccc(Cl)c2)nnc1-c1ccccc1OC. The van der Waals surface area contributed by atoms with Gasteiger partial charge in [0.15, 0.2) is 11.0 Å². The molecule has 142 valence electrons. The highest BCUT2D eigenvalue weighted by molar-refractivity contribution is 7.99. The number of ether oxygens (including phenoxy) is 2. The van der Waals surface area contributed by atoms with Crippen molar-refractivity contribution in [2.75, 3.05) is 19.5 Å². The third kappa shape index (κ3) is 4.96. The van der Waals surface area contributed by atoms with E-state index in [1.807, 2.05) is 48.5 Å². The Balaban J connectivity index is 1.59. The van der Waals surface area contributed by atoms with E-state index in [1.54, 1.807) is 18.9 Å². The number of methoxy groups -OCH3 is 1. The monoisotopic (exact) mass is 403 g/mol. The zero-order valence-corrected chi connectivity index (χ0v) is 17.0. The fraction of sp³-hybridized carbons (Fsp3) is 0.300. The van der Waals surface area contributed by atoms with E-state index in [-0.39, 0.29) is 0 Å². The van der Waals surface area contributed by atoms with Gasteiger partial charge in [0.05, 0.1) is 19.3 Å². The summed E-state index contributed by atoms with van der Waals surface area (Å²) < 4.78 is 13.3. The number of rotatable bonds is 9. The van der Waals surface area contributed by atoms with E-state index in [0.717, 1.165) is 46.8 Å². The summed E-state index contributed by atoms with van der Waals surface area (Å²) in [5.41, 5.74) is 0.950. The lowest BCUT2D eigenvalue weighted by atomic mass is 10.2. The normalized spacial score (nSPS) is 10.8. The van der Waals surface area contributed by atoms with E-state index in [9.17, 15) is 0 Å². The summed E-state index contributed by atoms with van der Waals surface area (Å²) in [6.45, 7) is 3.52. The van der Waals surface area contributed by atoms with Gasteiger partial charge in [0.25, 0.3) is 0 Å². The molecule has 0 saturated carbocycles. The topological polar surface area (TPSA) is 49.2 Å². The summed E-state index contributed by atoms with van der Waals surface area (Å²) in [6.07, 6.45) is 0.901. The lowest BCUT2D eigenvalue weighted by Crippen LogP contribution is -2.02. The van der Waals surface area contributed by atoms with Gasteiger partial charge < -0.3 is 14.0 Å². The highest BCUT2D eigenvalue weighted by Crippen LogP contribution is 2.30. The zero-order chi connectivity index (χ0) is 19.1. The van der Waals surface area contributed by atoms with E-state index < -0.39 is 0 Å². The van der Waals surface area contributed by atoms with E-state index in [0.29, 0.717) is 11.6 Å². The molecule has 0 spiro atoms. The van der Waals surface area contributed by atoms with Crippen LogP contribution in [-0.2, 0) is 6.54 Å². The first-order chi connectivity index (χ1) is 13.2. The second-order valence-electron chi connectivity index (χ2n) is 5.76. The Bertz CT molecular complexity index is 885. The van der Waals surface area contributed by atoms with Crippen LogP contribution in [0.25, 0.3) is 11.4 Å². The molecule has 2 aromatic carbocycles. The average Bonchev–Trinajstić information content (AvgIpc) is 3.10. The molecule has 0 N–H and O–H groups in total. The molecule has 3 rings (SSSR count). The van der Waals surface area contributed by atoms with E-state index >= 15 is 0 Å². The Morgan fingerprint density at radius 2 is 1.96 bits per heavy atom. The maximum atomic E-state index is 5.96. The van der Waals surface area contributed by atoms with Crippen molar-refractivity contribution in [1.29, 1.82) is 0 Å². The molecule has 0 radical (unpaired) electrons. The van der Waals surface area contributed by atoms with Crippen molar-refractivity contribution in [2.24, 2.45) is 0 Å². The predicted octanol–water partition coefficient (Wildman–Crippen LogP) is 5.19. The highest BCUT2D eigenvalue weighted by atomic mass is 35.5. The summed E-state index contributed by atoms with van der Waals surface area (Å²) >= 11 is 7.64. The number of hydrogen-bond acceptors (Lipinski definition) is 5. The molecule has 0 atom stereocenters. The molecule has 1 heterocycles. The lowest BCUT2D eigenvalue weighted by molar-refractivity contribution is 0.318. The van der Waals surface area contributed by atoms with Crippen molar-refractivity contribution in [3.8, 4) is 22.9 Å². The van der Waals surface area contributed by atoms with E-state index in [1.165, 1.54) is 0 Å². The van der Waals surface area contributed by atoms with Gasteiger partial charge in [-0.25, -0.2) is 0 Å². The van der Waals surface area contributed by atoms with Crippen LogP contribution < -0.4 is 9.47 Å². The van der Waals surface area contributed by atoms with Crippen LogP contribution in [0.4, 0.5) is 0 Å². The highest BCUT2D eigenvalue weighted by Gasteiger charge is 2.16. The van der Waals surface area contributed by atoms with Crippen molar-refractivity contribution < 1.29 is 9.47 Å². The Labute approximate surface area is 168 Å². The average molecular weight is 404 g/mol. The fourth-order valence-corrected chi connectivity index (χ4v) is 3.77. The first-order valence-electron chi connectivity index (χ1n) is 8.80. The Morgan fingerprint density at radius 3 is 2.74 bits per heavy atom. The maximum absolute atomic E-state index is 5.96. The molecular formula is C20H22ClN3O2S. The Morgan fingerprint density at radius 1 is 1.11 bits per heavy atom. The van der Waals surface area contributed by atoms with Crippen LogP contribution in [0.1, 0.15) is 13.3 Å². The number of aromatic nitrogens is 3. The van der Waals surface area contributed by atoms with Crippen molar-refractivity contribution in [3.05, 3.63) is 53.6 Å². The molecular weight excluding hydrogens is 382 g/mol. The summed E-state index contributed by atoms with van der Waals surface area (Å²) in [6, 6.07) is 15.3. The van der Waals surface area contributed by atoms with E-state index in [4.69, 9.17) is 21.1 Å². The van der Waals surface area contributed by atoms with Crippen LogP contribution in [0.3, 0.4) is 0 Å². The van der Waals surface area contributed by atoms with Gasteiger partial charge in [0, 0.05) is 17.3 Å². The van der Waals surface area contributed by atoms with Gasteiger partial charge in [0.2, 0.25) is 0 Å². The molecule has 7 heteroatoms. The van der Waals surface area contributed by atoms with Crippen molar-refractivity contribution in [2.45, 2.75) is 25.0 Å². The quantitative estimate of drug-likeness (QED) is 0.363. The van der Waals surface area contributed by atoms with Gasteiger partial charge in [0.1, 0.15) is 11.5 Å². The lowest BCUT2D eigenvalue weighted by Gasteiger charge is -2.10. The van der Waals surface area contributed by atoms with Gasteiger partial charge in [-0.1, -0.05) is 41.6 Å². The Kier molecular flexibility index (Phi) is 7.01. The molecule has 0 aliphatic rings. The molecule has 0 aliphatic heterocycles. The van der Waals surface area contributed by atoms with Gasteiger partial charge in [-0.15, -0.1) is 10.2 Å². The molecule has 5 nitrogen and oxygen atoms in total. The van der Waals surface area contributed by atoms with Crippen LogP contribution in [0.2, 0.25) is 5.02 Å². The summed E-state index contributed by atoms with van der Waals surface area (Å²) in [7, 11) is 1.67. The summed E-state index contributed by atoms with van der Waals surface area (Å²) in [5, 5.41) is 10.3. The molecule has 0 bridgehead atoms. The van der Waals surface area contributed by atoms with Crippen molar-refractivity contribution in [3.63, 3.8) is 0 Å². The van der Waals surface area contributed by atoms with Crippen LogP contribution >= 0.6 is 23.4 Å². The number of halogens is 1. The Hall–Kier alpha value is -2.18. The first kappa shape index (κ1) is 19.6. The molecule has 27 heavy (non-hydrogen) atoms. The summed E-state index contributed by atoms with van der Waals surface area (Å²) in [4.78, 5) is 0. The fourth-order valence-electron chi connectivity index (χ4n) is 2.68. The van der Waals surface area contributed by atoms with Crippen LogP contribution in [0, 0.1) is 0 Å². The number of para-hydroxylation sites is 1. The van der Waals surface area contributed by atoms with Crippen LogP contribution in [0.5, 0.6) is 11.5 Å². The second kappa shape index (κ2) is 9.67. The first-order valence-corrected chi connectivity index (χ1v) is 10.2. The molecule has 0 aliphatic carbocycles. The van der Waals surface area contributed by atoms with Gasteiger partial charge in [-0.3, -0.25) is 0 Å². The maximum Gasteiger partial charge on any atom is 0.191 e. The van der Waals surface area contributed by atoms with Gasteiger partial charge in [-0.2, -0.15) is 0 Å². The zero-order valence-electron chi connectivity index (χ0n) is 15.4. The van der Waals surface area contributed by atoms with E-state index in [2.05, 4.69) is 21.7 Å². The minimum atomic E-state index is 0.632. The molecule has 0 amide bonds. The van der Waals surface area contributed by atoms with Crippen LogP contribution in [0.15, 0.2) is 53.7 Å². The standard InChI is InChI=1S/C20H22ClN3O2S/c1-3-24-19(17-10-4-5-11-18(17)25-2)22-23-20(24)27-13-7-12-26-16-9-6-8-15(21)14-16/h4-6,8-11,14H,3,7,12-13H2,1-2H3. The molecule has 1 aromatic heterocycles. The number of benzene rings is 2. The predicted molar refractivity (Wildman–Crippen MR) is 110 cm³/mol. The second-order valence-corrected chi connectivity index (χ2v) is 7.26. The van der Waals surface area contributed by atoms with Crippen molar-refractivity contribution >= 4 is 23.4 Å². The third-order valence-corrected chi connectivity index (χ3v) is 5.25.